The molecule has 2 rings (SSSR count). The number of hydrogen-bond acceptors (Lipinski definition) is 1. The van der Waals surface area contributed by atoms with Crippen LogP contribution in [-0.2, 0) is 13.6 Å². The van der Waals surface area contributed by atoms with E-state index in [4.69, 9.17) is 0 Å². The zero-order valence-electron chi connectivity index (χ0n) is 9.20. The highest BCUT2D eigenvalue weighted by molar-refractivity contribution is 5.72. The molecule has 3 nitrogen and oxygen atoms in total. The number of hydrogen-bond donors (Lipinski definition) is 0. The van der Waals surface area contributed by atoms with Crippen LogP contribution < -0.4 is 4.57 Å². The molecule has 74 valence electrons. The Balaban J connectivity index is 2.96. The molecule has 0 saturated heterocycles. The topological polar surface area (TPSA) is 21.7 Å². The van der Waals surface area contributed by atoms with Gasteiger partial charge in [-0.05, 0) is 25.5 Å². The van der Waals surface area contributed by atoms with E-state index in [9.17, 15) is 0 Å². The molecule has 0 fully saturated rings. The average Bonchev–Trinajstić information content (AvgIpc) is 2.43. The normalized spacial score (nSPS) is 11.1. The van der Waals surface area contributed by atoms with Crippen LogP contribution in [0.15, 0.2) is 12.3 Å². The summed E-state index contributed by atoms with van der Waals surface area (Å²) in [5.74, 6) is 1.25. The highest BCUT2D eigenvalue weighted by Gasteiger charge is 2.19. The zero-order valence-corrected chi connectivity index (χ0v) is 9.20. The lowest BCUT2D eigenvalue weighted by atomic mass is 10.2. The van der Waals surface area contributed by atoms with E-state index in [1.165, 1.54) is 16.9 Å². The summed E-state index contributed by atoms with van der Waals surface area (Å²) in [6, 6.07) is 2.06. The standard InChI is InChI=1S/C11H16N3/c1-5-14-9(3)13(4)11-10(14)8(2)6-7-12-11/h6-7H,5H2,1-4H3/q+1. The fourth-order valence-corrected chi connectivity index (χ4v) is 2.00. The van der Waals surface area contributed by atoms with Crippen molar-refractivity contribution in [2.24, 2.45) is 7.05 Å². The molecular formula is C11H16N3+. The van der Waals surface area contributed by atoms with Crippen LogP contribution in [0.25, 0.3) is 11.2 Å². The zero-order chi connectivity index (χ0) is 10.3. The van der Waals surface area contributed by atoms with Crippen molar-refractivity contribution < 1.29 is 4.57 Å². The van der Waals surface area contributed by atoms with Crippen LogP contribution in [0.1, 0.15) is 18.3 Å². The molecule has 0 aliphatic heterocycles. The van der Waals surface area contributed by atoms with Gasteiger partial charge in [-0.2, -0.15) is 0 Å². The van der Waals surface area contributed by atoms with E-state index in [0.717, 1.165) is 12.2 Å². The Morgan fingerprint density at radius 2 is 2.14 bits per heavy atom. The number of nitrogens with zero attached hydrogens (tertiary/aromatic N) is 3. The van der Waals surface area contributed by atoms with Gasteiger partial charge < -0.3 is 0 Å². The number of aryl methyl sites for hydroxylation is 3. The highest BCUT2D eigenvalue weighted by atomic mass is 15.2. The summed E-state index contributed by atoms with van der Waals surface area (Å²) >= 11 is 0. The summed E-state index contributed by atoms with van der Waals surface area (Å²) in [5.41, 5.74) is 3.62. The first-order valence-corrected chi connectivity index (χ1v) is 4.97. The number of imidazole rings is 1. The maximum Gasteiger partial charge on any atom is 0.301 e. The molecule has 2 aromatic heterocycles. The van der Waals surface area contributed by atoms with Gasteiger partial charge in [0.2, 0.25) is 5.82 Å². The summed E-state index contributed by atoms with van der Waals surface area (Å²) in [5, 5.41) is 0. The quantitative estimate of drug-likeness (QED) is 0.624. The van der Waals surface area contributed by atoms with Gasteiger partial charge in [-0.1, -0.05) is 0 Å². The first-order chi connectivity index (χ1) is 6.66. The molecule has 0 aliphatic rings. The van der Waals surface area contributed by atoms with Gasteiger partial charge in [0.25, 0.3) is 0 Å². The van der Waals surface area contributed by atoms with Crippen molar-refractivity contribution in [3.05, 3.63) is 23.7 Å². The van der Waals surface area contributed by atoms with Crippen LogP contribution in [0.5, 0.6) is 0 Å². The van der Waals surface area contributed by atoms with E-state index < -0.39 is 0 Å². The van der Waals surface area contributed by atoms with Crippen LogP contribution in [-0.4, -0.2) is 9.55 Å². The van der Waals surface area contributed by atoms with Gasteiger partial charge in [0.15, 0.2) is 5.52 Å². The molecule has 0 unspecified atom stereocenters. The van der Waals surface area contributed by atoms with Gasteiger partial charge in [0.1, 0.15) is 6.20 Å². The van der Waals surface area contributed by atoms with E-state index in [0.29, 0.717) is 0 Å². The van der Waals surface area contributed by atoms with Crippen LogP contribution in [0.3, 0.4) is 0 Å². The Morgan fingerprint density at radius 1 is 1.43 bits per heavy atom. The Labute approximate surface area is 84.0 Å². The molecule has 0 bridgehead atoms. The molecular weight excluding hydrogens is 174 g/mol. The van der Waals surface area contributed by atoms with Gasteiger partial charge in [-0.25, -0.2) is 4.57 Å². The third-order valence-electron chi connectivity index (χ3n) is 2.89. The van der Waals surface area contributed by atoms with E-state index in [-0.39, 0.29) is 0 Å². The van der Waals surface area contributed by atoms with E-state index in [1.54, 1.807) is 0 Å². The van der Waals surface area contributed by atoms with Gasteiger partial charge in [0.05, 0.1) is 13.6 Å². The minimum atomic E-state index is 0.996. The third kappa shape index (κ3) is 1.05. The van der Waals surface area contributed by atoms with Gasteiger partial charge in [0, 0.05) is 6.92 Å². The van der Waals surface area contributed by atoms with Crippen LogP contribution in [0.4, 0.5) is 0 Å². The van der Waals surface area contributed by atoms with Gasteiger partial charge in [-0.3, -0.25) is 4.57 Å². The minimum absolute atomic E-state index is 0.996. The summed E-state index contributed by atoms with van der Waals surface area (Å²) < 4.78 is 4.45. The fraction of sp³-hybridized carbons (Fsp3) is 0.455. The molecule has 0 spiro atoms. The SMILES string of the molecule is CCn1c(C)[n+](C)c2nccc(C)c21. The van der Waals surface area contributed by atoms with Gasteiger partial charge >= 0.3 is 5.65 Å². The third-order valence-corrected chi connectivity index (χ3v) is 2.89. The second-order valence-electron chi connectivity index (χ2n) is 3.65. The first kappa shape index (κ1) is 9.19. The number of pyridine rings is 1. The first-order valence-electron chi connectivity index (χ1n) is 4.97. The molecule has 2 heterocycles. The lowest BCUT2D eigenvalue weighted by Gasteiger charge is -1.97. The summed E-state index contributed by atoms with van der Waals surface area (Å²) in [7, 11) is 2.07. The molecule has 14 heavy (non-hydrogen) atoms. The maximum absolute atomic E-state index is 4.41. The predicted octanol–water partition coefficient (Wildman–Crippen LogP) is 1.50. The van der Waals surface area contributed by atoms with Crippen LogP contribution in [0, 0.1) is 13.8 Å². The average molecular weight is 190 g/mol. The minimum Gasteiger partial charge on any atom is -0.258 e. The van der Waals surface area contributed by atoms with Crippen LogP contribution in [0.2, 0.25) is 0 Å². The van der Waals surface area contributed by atoms with Crippen molar-refractivity contribution in [1.29, 1.82) is 0 Å². The molecule has 0 aliphatic carbocycles. The molecule has 0 atom stereocenters. The lowest BCUT2D eigenvalue weighted by Crippen LogP contribution is -2.31. The van der Waals surface area contributed by atoms with Crippen LogP contribution >= 0.6 is 0 Å². The molecule has 0 saturated carbocycles. The van der Waals surface area contributed by atoms with Crippen molar-refractivity contribution in [2.45, 2.75) is 27.3 Å². The molecule has 3 heteroatoms. The monoisotopic (exact) mass is 190 g/mol. The molecule has 0 amide bonds. The second-order valence-corrected chi connectivity index (χ2v) is 3.65. The highest BCUT2D eigenvalue weighted by Crippen LogP contribution is 2.15. The van der Waals surface area contributed by atoms with Crippen molar-refractivity contribution in [3.63, 3.8) is 0 Å². The molecule has 2 aromatic rings. The summed E-state index contributed by atoms with van der Waals surface area (Å²) in [6.45, 7) is 7.43. The van der Waals surface area contributed by atoms with E-state index in [2.05, 4.69) is 48.0 Å². The fourth-order valence-electron chi connectivity index (χ4n) is 2.00. The van der Waals surface area contributed by atoms with Gasteiger partial charge in [-0.15, -0.1) is 4.98 Å². The van der Waals surface area contributed by atoms with Crippen molar-refractivity contribution in [3.8, 4) is 0 Å². The Kier molecular flexibility index (Phi) is 2.02. The predicted molar refractivity (Wildman–Crippen MR) is 56.1 cm³/mol. The molecule has 0 radical (unpaired) electrons. The Morgan fingerprint density at radius 3 is 2.79 bits per heavy atom. The smallest absolute Gasteiger partial charge is 0.258 e. The number of rotatable bonds is 1. The Bertz CT molecular complexity index is 483. The molecule has 0 N–H and O–H groups in total. The van der Waals surface area contributed by atoms with Crippen molar-refractivity contribution >= 4 is 11.2 Å². The maximum atomic E-state index is 4.41. The number of aromatic nitrogens is 3. The summed E-state index contributed by atoms with van der Waals surface area (Å²) in [4.78, 5) is 4.41. The van der Waals surface area contributed by atoms with E-state index in [1.807, 2.05) is 6.20 Å². The lowest BCUT2D eigenvalue weighted by molar-refractivity contribution is -0.654. The van der Waals surface area contributed by atoms with Crippen molar-refractivity contribution in [2.75, 3.05) is 0 Å². The second kappa shape index (κ2) is 3.08. The van der Waals surface area contributed by atoms with E-state index >= 15 is 0 Å². The molecule has 0 aromatic carbocycles. The Hall–Kier alpha value is -1.38. The summed E-state index contributed by atoms with van der Waals surface area (Å²) in [6.07, 6.45) is 1.87. The number of fused-ring (bicyclic) bond motifs is 1. The van der Waals surface area contributed by atoms with Crippen molar-refractivity contribution in [1.82, 2.24) is 9.55 Å². The largest absolute Gasteiger partial charge is 0.301 e.